The average Bonchev–Trinajstić information content (AvgIpc) is 2.89. The van der Waals surface area contributed by atoms with Gasteiger partial charge < -0.3 is 4.90 Å². The molecule has 0 radical (unpaired) electrons. The van der Waals surface area contributed by atoms with E-state index in [1.165, 1.54) is 16.7 Å². The largest absolute Gasteiger partial charge is 0.442 e. The number of likely N-dealkylation sites (tertiary alicyclic amines) is 1. The Morgan fingerprint density at radius 1 is 1.24 bits per heavy atom. The quantitative estimate of drug-likeness (QED) is 0.849. The molecule has 2 heterocycles. The summed E-state index contributed by atoms with van der Waals surface area (Å²) in [6.45, 7) is 5.58. The molecule has 1 fully saturated rings. The van der Waals surface area contributed by atoms with E-state index in [0.717, 1.165) is 12.0 Å². The monoisotopic (exact) mass is 347 g/mol. The number of aromatic nitrogens is 2. The van der Waals surface area contributed by atoms with Crippen LogP contribution in [0.1, 0.15) is 31.7 Å². The zero-order valence-corrected chi connectivity index (χ0v) is 14.4. The van der Waals surface area contributed by atoms with Crippen molar-refractivity contribution in [2.45, 2.75) is 33.2 Å². The Bertz CT molecular complexity index is 787. The maximum atomic E-state index is 13.0. The summed E-state index contributed by atoms with van der Waals surface area (Å²) in [5.41, 5.74) is 0.788. The minimum absolute atomic E-state index is 0.0850. The molecule has 1 saturated heterocycles. The highest BCUT2D eigenvalue weighted by atomic mass is 19.1. The number of hydrogen-bond donors (Lipinski definition) is 0. The number of nitrogens with zero attached hydrogens (tertiary/aromatic N) is 3. The fraction of sp³-hybridized carbons (Fsp3) is 0.500. The smallest absolute Gasteiger partial charge is 0.341 e. The molecule has 2 atom stereocenters. The van der Waals surface area contributed by atoms with Gasteiger partial charge in [-0.25, -0.2) is 9.18 Å². The first kappa shape index (κ1) is 17.4. The van der Waals surface area contributed by atoms with E-state index in [9.17, 15) is 14.0 Å². The Morgan fingerprint density at radius 3 is 2.52 bits per heavy atom. The Labute approximate surface area is 145 Å². The number of piperidine rings is 1. The predicted molar refractivity (Wildman–Crippen MR) is 89.5 cm³/mol. The Hall–Kier alpha value is -2.44. The lowest BCUT2D eigenvalue weighted by Crippen LogP contribution is -2.44. The van der Waals surface area contributed by atoms with Crippen molar-refractivity contribution in [3.63, 3.8) is 0 Å². The minimum Gasteiger partial charge on any atom is -0.341 e. The second kappa shape index (κ2) is 7.21. The molecule has 3 rings (SSSR count). The van der Waals surface area contributed by atoms with Crippen molar-refractivity contribution in [2.75, 3.05) is 13.1 Å². The third-order valence-corrected chi connectivity index (χ3v) is 4.55. The first-order chi connectivity index (χ1) is 11.9. The average molecular weight is 347 g/mol. The van der Waals surface area contributed by atoms with Crippen LogP contribution >= 0.6 is 0 Å². The van der Waals surface area contributed by atoms with Crippen molar-refractivity contribution in [3.8, 4) is 0 Å². The van der Waals surface area contributed by atoms with Gasteiger partial charge in [0.05, 0.1) is 0 Å². The van der Waals surface area contributed by atoms with Crippen LogP contribution in [0.2, 0.25) is 0 Å². The van der Waals surface area contributed by atoms with Crippen LogP contribution in [-0.4, -0.2) is 33.6 Å². The van der Waals surface area contributed by atoms with Crippen LogP contribution in [-0.2, 0) is 17.8 Å². The molecule has 0 spiro atoms. The third-order valence-electron chi connectivity index (χ3n) is 4.55. The van der Waals surface area contributed by atoms with Gasteiger partial charge >= 0.3 is 5.76 Å². The second-order valence-corrected chi connectivity index (χ2v) is 7.00. The van der Waals surface area contributed by atoms with E-state index >= 15 is 0 Å². The topological polar surface area (TPSA) is 68.3 Å². The van der Waals surface area contributed by atoms with Gasteiger partial charge in [0.15, 0.2) is 5.82 Å². The molecular weight excluding hydrogens is 325 g/mol. The number of carbonyl (C=O) groups excluding carboxylic acids is 1. The molecule has 25 heavy (non-hydrogen) atoms. The highest BCUT2D eigenvalue weighted by Gasteiger charge is 2.26. The lowest BCUT2D eigenvalue weighted by molar-refractivity contribution is -0.134. The van der Waals surface area contributed by atoms with Crippen LogP contribution in [0.15, 0.2) is 33.6 Å². The van der Waals surface area contributed by atoms with Crippen molar-refractivity contribution in [3.05, 3.63) is 52.0 Å². The van der Waals surface area contributed by atoms with Crippen LogP contribution in [0.3, 0.4) is 0 Å². The van der Waals surface area contributed by atoms with Crippen LogP contribution in [0.5, 0.6) is 0 Å². The summed E-state index contributed by atoms with van der Waals surface area (Å²) in [4.78, 5) is 26.3. The van der Waals surface area contributed by atoms with E-state index < -0.39 is 5.76 Å². The van der Waals surface area contributed by atoms with Crippen LogP contribution < -0.4 is 5.76 Å². The number of amides is 1. The van der Waals surface area contributed by atoms with Crippen molar-refractivity contribution in [1.82, 2.24) is 14.6 Å². The van der Waals surface area contributed by atoms with Crippen LogP contribution in [0, 0.1) is 17.7 Å². The van der Waals surface area contributed by atoms with Crippen LogP contribution in [0.4, 0.5) is 4.39 Å². The summed E-state index contributed by atoms with van der Waals surface area (Å²) in [6, 6.07) is 5.93. The van der Waals surface area contributed by atoms with Gasteiger partial charge in [-0.1, -0.05) is 31.1 Å². The second-order valence-electron chi connectivity index (χ2n) is 7.00. The molecule has 2 aromatic rings. The number of halogens is 1. The van der Waals surface area contributed by atoms with Crippen LogP contribution in [0.25, 0.3) is 0 Å². The summed E-state index contributed by atoms with van der Waals surface area (Å²) >= 11 is 0. The molecule has 0 N–H and O–H groups in total. The number of carbonyl (C=O) groups is 1. The molecule has 1 aromatic heterocycles. The van der Waals surface area contributed by atoms with Gasteiger partial charge in [-0.3, -0.25) is 13.9 Å². The summed E-state index contributed by atoms with van der Waals surface area (Å²) in [7, 11) is 0. The number of benzene rings is 1. The van der Waals surface area contributed by atoms with Crippen molar-refractivity contribution in [1.29, 1.82) is 0 Å². The molecular formula is C18H22FN3O3. The summed E-state index contributed by atoms with van der Waals surface area (Å²) in [6.07, 6.45) is 1.40. The van der Waals surface area contributed by atoms with E-state index in [-0.39, 0.29) is 18.3 Å². The highest BCUT2D eigenvalue weighted by molar-refractivity contribution is 5.76. The first-order valence-corrected chi connectivity index (χ1v) is 8.50. The molecule has 0 saturated carbocycles. The summed E-state index contributed by atoms with van der Waals surface area (Å²) < 4.78 is 19.0. The lowest BCUT2D eigenvalue weighted by atomic mass is 9.92. The Kier molecular flexibility index (Phi) is 5.01. The van der Waals surface area contributed by atoms with E-state index in [4.69, 9.17) is 4.52 Å². The van der Waals surface area contributed by atoms with E-state index in [1.54, 1.807) is 17.0 Å². The van der Waals surface area contributed by atoms with E-state index in [0.29, 0.717) is 37.2 Å². The lowest BCUT2D eigenvalue weighted by Gasteiger charge is -2.35. The number of hydrogen-bond acceptors (Lipinski definition) is 4. The molecule has 0 bridgehead atoms. The maximum absolute atomic E-state index is 13.0. The fourth-order valence-electron chi connectivity index (χ4n) is 3.47. The molecule has 2 unspecified atom stereocenters. The first-order valence-electron chi connectivity index (χ1n) is 8.50. The SMILES string of the molecule is CC1CC(C)CN(C(=O)Cn2c(Cc3ccc(F)cc3)noc2=O)C1. The minimum atomic E-state index is -0.649. The van der Waals surface area contributed by atoms with Gasteiger partial charge in [0.25, 0.3) is 0 Å². The Morgan fingerprint density at radius 2 is 1.88 bits per heavy atom. The van der Waals surface area contributed by atoms with Gasteiger partial charge in [-0.2, -0.15) is 0 Å². The highest BCUT2D eigenvalue weighted by Crippen LogP contribution is 2.21. The maximum Gasteiger partial charge on any atom is 0.442 e. The number of rotatable bonds is 4. The van der Waals surface area contributed by atoms with Gasteiger partial charge in [0, 0.05) is 19.5 Å². The van der Waals surface area contributed by atoms with Gasteiger partial charge in [-0.15, -0.1) is 0 Å². The zero-order valence-electron chi connectivity index (χ0n) is 14.4. The molecule has 1 amide bonds. The predicted octanol–water partition coefficient (Wildman–Crippen LogP) is 2.07. The van der Waals surface area contributed by atoms with Gasteiger partial charge in [0.2, 0.25) is 5.91 Å². The van der Waals surface area contributed by atoms with Crippen molar-refractivity contribution >= 4 is 5.91 Å². The molecule has 6 nitrogen and oxygen atoms in total. The molecule has 1 aliphatic rings. The van der Waals surface area contributed by atoms with Gasteiger partial charge in [0.1, 0.15) is 12.4 Å². The normalized spacial score (nSPS) is 20.7. The molecule has 1 aliphatic heterocycles. The third kappa shape index (κ3) is 4.15. The van der Waals surface area contributed by atoms with Crippen molar-refractivity contribution in [2.24, 2.45) is 11.8 Å². The molecule has 1 aromatic carbocycles. The summed E-state index contributed by atoms with van der Waals surface area (Å²) in [5, 5.41) is 3.77. The van der Waals surface area contributed by atoms with Gasteiger partial charge in [-0.05, 0) is 36.0 Å². The molecule has 0 aliphatic carbocycles. The fourth-order valence-corrected chi connectivity index (χ4v) is 3.47. The standard InChI is InChI=1S/C18H22FN3O3/c1-12-7-13(2)10-21(9-12)17(23)11-22-16(20-25-18(22)24)8-14-3-5-15(19)6-4-14/h3-6,12-13H,7-11H2,1-2H3. The van der Waals surface area contributed by atoms with Crippen molar-refractivity contribution < 1.29 is 13.7 Å². The Balaban J connectivity index is 1.74. The zero-order chi connectivity index (χ0) is 18.0. The molecule has 134 valence electrons. The van der Waals surface area contributed by atoms with E-state index in [1.807, 2.05) is 0 Å². The molecule has 7 heteroatoms. The van der Waals surface area contributed by atoms with E-state index in [2.05, 4.69) is 19.0 Å². The summed E-state index contributed by atoms with van der Waals surface area (Å²) in [5.74, 6) is 0.177.